The Bertz CT molecular complexity index is 874. The van der Waals surface area contributed by atoms with E-state index in [4.69, 9.17) is 11.6 Å². The van der Waals surface area contributed by atoms with Crippen molar-refractivity contribution < 1.29 is 9.59 Å². The van der Waals surface area contributed by atoms with Crippen LogP contribution in [0.25, 0.3) is 0 Å². The molecule has 0 radical (unpaired) electrons. The van der Waals surface area contributed by atoms with Gasteiger partial charge in [-0.3, -0.25) is 9.59 Å². The Hall–Kier alpha value is -2.33. The molecule has 1 saturated carbocycles. The standard InChI is InChI=1S/C23H25ClN2O2/c24-20-6-3-7-21(14-20)25-22(27)17-8-10-18(11-9-17)23(28)26-13-12-16-4-1-2-5-19(16)15-26/h1-7,14,17-18H,8-13,15H2,(H,25,27). The van der Waals surface area contributed by atoms with Gasteiger partial charge in [0.2, 0.25) is 11.8 Å². The van der Waals surface area contributed by atoms with E-state index >= 15 is 0 Å². The molecular weight excluding hydrogens is 372 g/mol. The van der Waals surface area contributed by atoms with Crippen molar-refractivity contribution in [2.75, 3.05) is 11.9 Å². The summed E-state index contributed by atoms with van der Waals surface area (Å²) in [5.41, 5.74) is 3.34. The highest BCUT2D eigenvalue weighted by Crippen LogP contribution is 2.32. The molecule has 0 saturated heterocycles. The summed E-state index contributed by atoms with van der Waals surface area (Å²) in [4.78, 5) is 27.5. The number of nitrogens with zero attached hydrogens (tertiary/aromatic N) is 1. The first kappa shape index (κ1) is 19.0. The predicted octanol–water partition coefficient (Wildman–Crippen LogP) is 4.67. The second-order valence-electron chi connectivity index (χ2n) is 7.83. The van der Waals surface area contributed by atoms with Crippen LogP contribution in [-0.4, -0.2) is 23.3 Å². The van der Waals surface area contributed by atoms with Gasteiger partial charge in [-0.2, -0.15) is 0 Å². The van der Waals surface area contributed by atoms with Crippen LogP contribution >= 0.6 is 11.6 Å². The van der Waals surface area contributed by atoms with Gasteiger partial charge in [-0.15, -0.1) is 0 Å². The van der Waals surface area contributed by atoms with Crippen molar-refractivity contribution in [3.63, 3.8) is 0 Å². The molecule has 0 unspecified atom stereocenters. The Labute approximate surface area is 170 Å². The molecule has 4 nitrogen and oxygen atoms in total. The van der Waals surface area contributed by atoms with Crippen molar-refractivity contribution in [1.29, 1.82) is 0 Å². The molecule has 0 atom stereocenters. The number of nitrogens with one attached hydrogen (secondary N) is 1. The summed E-state index contributed by atoms with van der Waals surface area (Å²) in [5.74, 6) is 0.286. The quantitative estimate of drug-likeness (QED) is 0.819. The number of halogens is 1. The summed E-state index contributed by atoms with van der Waals surface area (Å²) in [6.45, 7) is 1.51. The Balaban J connectivity index is 1.30. The molecule has 146 valence electrons. The molecule has 1 aliphatic carbocycles. The monoisotopic (exact) mass is 396 g/mol. The minimum Gasteiger partial charge on any atom is -0.338 e. The smallest absolute Gasteiger partial charge is 0.227 e. The summed E-state index contributed by atoms with van der Waals surface area (Å²) >= 11 is 5.98. The number of rotatable bonds is 3. The first-order chi connectivity index (χ1) is 13.6. The molecule has 1 fully saturated rings. The lowest BCUT2D eigenvalue weighted by molar-refractivity contribution is -0.138. The summed E-state index contributed by atoms with van der Waals surface area (Å²) in [6, 6.07) is 15.6. The van der Waals surface area contributed by atoms with Crippen LogP contribution in [-0.2, 0) is 22.6 Å². The molecule has 2 aromatic rings. The number of carbonyl (C=O) groups is 2. The number of fused-ring (bicyclic) bond motifs is 1. The average molecular weight is 397 g/mol. The van der Waals surface area contributed by atoms with Crippen LogP contribution in [0.3, 0.4) is 0 Å². The van der Waals surface area contributed by atoms with Crippen LogP contribution in [0.4, 0.5) is 5.69 Å². The molecule has 1 N–H and O–H groups in total. The predicted molar refractivity (Wildman–Crippen MR) is 111 cm³/mol. The van der Waals surface area contributed by atoms with E-state index in [-0.39, 0.29) is 23.7 Å². The van der Waals surface area contributed by atoms with E-state index in [1.807, 2.05) is 23.1 Å². The fourth-order valence-electron chi connectivity index (χ4n) is 4.36. The topological polar surface area (TPSA) is 49.4 Å². The van der Waals surface area contributed by atoms with E-state index in [9.17, 15) is 9.59 Å². The minimum absolute atomic E-state index is 0.0278. The fraction of sp³-hybridized carbons (Fsp3) is 0.391. The molecular formula is C23H25ClN2O2. The number of carbonyl (C=O) groups excluding carboxylic acids is 2. The zero-order chi connectivity index (χ0) is 19.5. The molecule has 1 heterocycles. The molecule has 2 amide bonds. The maximum absolute atomic E-state index is 13.0. The van der Waals surface area contributed by atoms with Gasteiger partial charge in [-0.25, -0.2) is 0 Å². The normalized spacial score (nSPS) is 21.7. The highest BCUT2D eigenvalue weighted by Gasteiger charge is 2.33. The third kappa shape index (κ3) is 4.22. The maximum atomic E-state index is 13.0. The van der Waals surface area contributed by atoms with E-state index in [1.165, 1.54) is 11.1 Å². The van der Waals surface area contributed by atoms with E-state index in [0.717, 1.165) is 44.3 Å². The van der Waals surface area contributed by atoms with Crippen molar-refractivity contribution in [2.45, 2.75) is 38.6 Å². The second-order valence-corrected chi connectivity index (χ2v) is 8.26. The van der Waals surface area contributed by atoms with E-state index in [0.29, 0.717) is 11.6 Å². The number of hydrogen-bond acceptors (Lipinski definition) is 2. The minimum atomic E-state index is -0.0369. The summed E-state index contributed by atoms with van der Waals surface area (Å²) in [6.07, 6.45) is 4.01. The van der Waals surface area contributed by atoms with Crippen molar-refractivity contribution >= 4 is 29.1 Å². The van der Waals surface area contributed by atoms with Gasteiger partial charge in [0.1, 0.15) is 0 Å². The lowest BCUT2D eigenvalue weighted by Crippen LogP contribution is -2.41. The van der Waals surface area contributed by atoms with Gasteiger partial charge in [0.25, 0.3) is 0 Å². The van der Waals surface area contributed by atoms with Crippen LogP contribution in [0, 0.1) is 11.8 Å². The number of hydrogen-bond donors (Lipinski definition) is 1. The van der Waals surface area contributed by atoms with Gasteiger partial charge in [0, 0.05) is 35.6 Å². The molecule has 2 aliphatic rings. The highest BCUT2D eigenvalue weighted by molar-refractivity contribution is 6.30. The van der Waals surface area contributed by atoms with Crippen LogP contribution in [0.5, 0.6) is 0 Å². The molecule has 5 heteroatoms. The van der Waals surface area contributed by atoms with Crippen LogP contribution in [0.15, 0.2) is 48.5 Å². The van der Waals surface area contributed by atoms with Gasteiger partial charge in [-0.1, -0.05) is 41.9 Å². The van der Waals surface area contributed by atoms with E-state index < -0.39 is 0 Å². The van der Waals surface area contributed by atoms with Gasteiger partial charge in [-0.05, 0) is 61.4 Å². The fourth-order valence-corrected chi connectivity index (χ4v) is 4.55. The molecule has 0 bridgehead atoms. The lowest BCUT2D eigenvalue weighted by Gasteiger charge is -2.34. The Morgan fingerprint density at radius 3 is 2.39 bits per heavy atom. The Kier molecular flexibility index (Phi) is 5.67. The van der Waals surface area contributed by atoms with Crippen LogP contribution in [0.1, 0.15) is 36.8 Å². The summed E-state index contributed by atoms with van der Waals surface area (Å²) in [5, 5.41) is 3.56. The zero-order valence-corrected chi connectivity index (χ0v) is 16.6. The first-order valence-corrected chi connectivity index (χ1v) is 10.4. The molecule has 1 aliphatic heterocycles. The van der Waals surface area contributed by atoms with Gasteiger partial charge >= 0.3 is 0 Å². The zero-order valence-electron chi connectivity index (χ0n) is 15.9. The highest BCUT2D eigenvalue weighted by atomic mass is 35.5. The van der Waals surface area contributed by atoms with Crippen LogP contribution < -0.4 is 5.32 Å². The summed E-state index contributed by atoms with van der Waals surface area (Å²) < 4.78 is 0. The third-order valence-corrected chi connectivity index (χ3v) is 6.22. The number of benzene rings is 2. The van der Waals surface area contributed by atoms with Crippen LogP contribution in [0.2, 0.25) is 5.02 Å². The number of anilines is 1. The average Bonchev–Trinajstić information content (AvgIpc) is 2.73. The van der Waals surface area contributed by atoms with Crippen molar-refractivity contribution in [3.05, 3.63) is 64.7 Å². The SMILES string of the molecule is O=C(Nc1cccc(Cl)c1)C1CCC(C(=O)N2CCc3ccccc3C2)CC1. The Morgan fingerprint density at radius 2 is 1.64 bits per heavy atom. The van der Waals surface area contributed by atoms with Gasteiger partial charge < -0.3 is 10.2 Å². The molecule has 2 aromatic carbocycles. The lowest BCUT2D eigenvalue weighted by atomic mass is 9.80. The van der Waals surface area contributed by atoms with Gasteiger partial charge in [0.15, 0.2) is 0 Å². The van der Waals surface area contributed by atoms with Crippen molar-refractivity contribution in [3.8, 4) is 0 Å². The third-order valence-electron chi connectivity index (χ3n) is 5.98. The van der Waals surface area contributed by atoms with Crippen molar-refractivity contribution in [1.82, 2.24) is 4.90 Å². The van der Waals surface area contributed by atoms with Crippen molar-refractivity contribution in [2.24, 2.45) is 11.8 Å². The second kappa shape index (κ2) is 8.36. The molecule has 0 spiro atoms. The Morgan fingerprint density at radius 1 is 0.929 bits per heavy atom. The van der Waals surface area contributed by atoms with Gasteiger partial charge in [0.05, 0.1) is 0 Å². The molecule has 4 rings (SSSR count). The molecule has 0 aromatic heterocycles. The van der Waals surface area contributed by atoms with E-state index in [1.54, 1.807) is 12.1 Å². The largest absolute Gasteiger partial charge is 0.338 e. The number of amides is 2. The summed E-state index contributed by atoms with van der Waals surface area (Å²) in [7, 11) is 0. The van der Waals surface area contributed by atoms with E-state index in [2.05, 4.69) is 23.5 Å². The first-order valence-electron chi connectivity index (χ1n) is 10.0. The molecule has 28 heavy (non-hydrogen) atoms. The maximum Gasteiger partial charge on any atom is 0.227 e.